The van der Waals surface area contributed by atoms with Crippen molar-refractivity contribution < 1.29 is 9.11 Å². The summed E-state index contributed by atoms with van der Waals surface area (Å²) in [6.45, 7) is 4.00. The van der Waals surface area contributed by atoms with Crippen LogP contribution < -0.4 is 4.72 Å². The Balaban J connectivity index is 0.000000461. The zero-order valence-electron chi connectivity index (χ0n) is 7.50. The first-order valence-corrected chi connectivity index (χ1v) is 6.04. The molecule has 0 amide bonds. The predicted octanol–water partition coefficient (Wildman–Crippen LogP) is 2.45. The maximum Gasteiger partial charge on any atom is 0.0416 e. The van der Waals surface area contributed by atoms with Crippen LogP contribution in [0, 0.1) is 0 Å². The zero-order chi connectivity index (χ0) is 8.91. The third-order valence-corrected chi connectivity index (χ3v) is 2.27. The Kier molecular flexibility index (Phi) is 5.08. The van der Waals surface area contributed by atoms with Crippen molar-refractivity contribution in [1.82, 2.24) is 4.72 Å². The average Bonchev–Trinajstić information content (AvgIpc) is 1.83. The molecule has 3 N–H and O–H groups in total. The van der Waals surface area contributed by atoms with Crippen molar-refractivity contribution >= 4 is 10.8 Å². The van der Waals surface area contributed by atoms with Crippen LogP contribution in [0.1, 0.15) is 33.1 Å². The summed E-state index contributed by atoms with van der Waals surface area (Å²) in [5.41, 5.74) is 0. The highest BCUT2D eigenvalue weighted by atomic mass is 32.3. The molecule has 1 aliphatic carbocycles. The molecular formula is C7H19NO2S. The second-order valence-electron chi connectivity index (χ2n) is 2.58. The lowest BCUT2D eigenvalue weighted by Crippen LogP contribution is -2.36. The Labute approximate surface area is 70.7 Å². The van der Waals surface area contributed by atoms with Crippen LogP contribution in [-0.2, 0) is 0 Å². The Hall–Kier alpha value is 0.230. The lowest BCUT2D eigenvalue weighted by Gasteiger charge is -2.37. The van der Waals surface area contributed by atoms with Gasteiger partial charge in [-0.3, -0.25) is 9.11 Å². The van der Waals surface area contributed by atoms with Crippen molar-refractivity contribution in [2.75, 3.05) is 6.26 Å². The van der Waals surface area contributed by atoms with E-state index in [9.17, 15) is 0 Å². The molecule has 0 aromatic carbocycles. The Morgan fingerprint density at radius 2 is 1.73 bits per heavy atom. The Morgan fingerprint density at radius 3 is 1.82 bits per heavy atom. The molecule has 0 heterocycles. The van der Waals surface area contributed by atoms with Gasteiger partial charge in [-0.1, -0.05) is 20.3 Å². The minimum Gasteiger partial charge on any atom is -0.286 e. The summed E-state index contributed by atoms with van der Waals surface area (Å²) in [5, 5.41) is 0. The van der Waals surface area contributed by atoms with Gasteiger partial charge in [-0.15, -0.1) is 10.8 Å². The van der Waals surface area contributed by atoms with Crippen molar-refractivity contribution in [2.24, 2.45) is 0 Å². The first-order valence-electron chi connectivity index (χ1n) is 4.08. The molecule has 11 heavy (non-hydrogen) atoms. The molecule has 1 rings (SSSR count). The van der Waals surface area contributed by atoms with E-state index in [1.165, 1.54) is 12.7 Å². The number of nitrogens with one attached hydrogen (secondary N) is 1. The molecule has 0 saturated heterocycles. The van der Waals surface area contributed by atoms with E-state index in [1.54, 1.807) is 0 Å². The highest BCUT2D eigenvalue weighted by Gasteiger charge is 2.20. The normalized spacial score (nSPS) is 19.7. The van der Waals surface area contributed by atoms with Gasteiger partial charge in [0.15, 0.2) is 0 Å². The molecule has 3 nitrogen and oxygen atoms in total. The highest BCUT2D eigenvalue weighted by molar-refractivity contribution is 8.22. The van der Waals surface area contributed by atoms with Crippen molar-refractivity contribution in [2.45, 2.75) is 39.2 Å². The molecule has 0 aliphatic heterocycles. The van der Waals surface area contributed by atoms with Crippen molar-refractivity contribution in [3.63, 3.8) is 0 Å². The van der Waals surface area contributed by atoms with Gasteiger partial charge in [-0.25, -0.2) is 4.72 Å². The van der Waals surface area contributed by atoms with Gasteiger partial charge in [0.1, 0.15) is 0 Å². The first kappa shape index (κ1) is 11.2. The van der Waals surface area contributed by atoms with Crippen LogP contribution in [0.15, 0.2) is 0 Å². The van der Waals surface area contributed by atoms with E-state index in [1.807, 2.05) is 13.8 Å². The quantitative estimate of drug-likeness (QED) is 0.613. The van der Waals surface area contributed by atoms with Gasteiger partial charge in [0.25, 0.3) is 0 Å². The topological polar surface area (TPSA) is 52.5 Å². The number of hydrogen-bond donors (Lipinski definition) is 3. The third kappa shape index (κ3) is 5.49. The van der Waals surface area contributed by atoms with Crippen molar-refractivity contribution in [3.8, 4) is 0 Å². The lowest BCUT2D eigenvalue weighted by molar-refractivity contribution is 0.364. The van der Waals surface area contributed by atoms with Crippen molar-refractivity contribution in [3.05, 3.63) is 0 Å². The number of hydrogen-bond acceptors (Lipinski definition) is 3. The van der Waals surface area contributed by atoms with E-state index in [0.29, 0.717) is 6.04 Å². The fraction of sp³-hybridized carbons (Fsp3) is 1.00. The second-order valence-corrected chi connectivity index (χ2v) is 4.48. The predicted molar refractivity (Wildman–Crippen MR) is 50.9 cm³/mol. The maximum absolute atomic E-state index is 8.88. The van der Waals surface area contributed by atoms with E-state index in [0.717, 1.165) is 12.8 Å². The molecule has 1 fully saturated rings. The zero-order valence-corrected chi connectivity index (χ0v) is 8.32. The fourth-order valence-corrected chi connectivity index (χ4v) is 1.71. The molecule has 0 spiro atoms. The second kappa shape index (κ2) is 4.98. The van der Waals surface area contributed by atoms with Crippen LogP contribution in [-0.4, -0.2) is 21.4 Å². The maximum atomic E-state index is 8.88. The van der Waals surface area contributed by atoms with Crippen molar-refractivity contribution in [1.29, 1.82) is 0 Å². The standard InChI is InChI=1S/C5H13NO2S.C2H6/c1-9(7,8)6-5-3-2-4-5;1-2/h5-8H,2-4H2,1H3;1-2H3. The van der Waals surface area contributed by atoms with E-state index < -0.39 is 10.8 Å². The van der Waals surface area contributed by atoms with E-state index in [2.05, 4.69) is 4.72 Å². The molecule has 0 aromatic heterocycles. The SMILES string of the molecule is CC.CS(O)(O)NC1CCC1. The summed E-state index contributed by atoms with van der Waals surface area (Å²) < 4.78 is 20.5. The van der Waals surface area contributed by atoms with Gasteiger partial charge < -0.3 is 0 Å². The van der Waals surface area contributed by atoms with Gasteiger partial charge in [0.05, 0.1) is 0 Å². The summed E-state index contributed by atoms with van der Waals surface area (Å²) in [6, 6.07) is 0.361. The first-order chi connectivity index (χ1) is 5.08. The van der Waals surface area contributed by atoms with Crippen LogP contribution >= 0.6 is 10.8 Å². The molecule has 4 heteroatoms. The molecule has 70 valence electrons. The minimum atomic E-state index is -2.43. The minimum absolute atomic E-state index is 0.361. The van der Waals surface area contributed by atoms with Gasteiger partial charge in [0, 0.05) is 12.3 Å². The van der Waals surface area contributed by atoms with E-state index >= 15 is 0 Å². The van der Waals surface area contributed by atoms with Crippen LogP contribution in [0.3, 0.4) is 0 Å². The van der Waals surface area contributed by atoms with Gasteiger partial charge in [-0.05, 0) is 12.8 Å². The van der Waals surface area contributed by atoms with Gasteiger partial charge in [-0.2, -0.15) is 0 Å². The molecule has 1 saturated carbocycles. The summed E-state index contributed by atoms with van der Waals surface area (Å²) >= 11 is 0. The largest absolute Gasteiger partial charge is 0.286 e. The molecule has 1 aliphatic rings. The summed E-state index contributed by atoms with van der Waals surface area (Å²) in [4.78, 5) is 0. The third-order valence-electron chi connectivity index (χ3n) is 1.50. The lowest BCUT2D eigenvalue weighted by atomic mass is 9.94. The highest BCUT2D eigenvalue weighted by Crippen LogP contribution is 2.33. The van der Waals surface area contributed by atoms with E-state index in [-0.39, 0.29) is 0 Å². The fourth-order valence-electron chi connectivity index (χ4n) is 0.842. The van der Waals surface area contributed by atoms with Crippen LogP contribution in [0.5, 0.6) is 0 Å². The van der Waals surface area contributed by atoms with Crippen LogP contribution in [0.4, 0.5) is 0 Å². The molecule has 0 bridgehead atoms. The average molecular weight is 181 g/mol. The number of rotatable bonds is 2. The van der Waals surface area contributed by atoms with Crippen LogP contribution in [0.2, 0.25) is 0 Å². The molecule has 0 atom stereocenters. The Morgan fingerprint density at radius 1 is 1.27 bits per heavy atom. The monoisotopic (exact) mass is 181 g/mol. The molecule has 0 unspecified atom stereocenters. The molecule has 0 radical (unpaired) electrons. The van der Waals surface area contributed by atoms with Gasteiger partial charge >= 0.3 is 0 Å². The molecular weight excluding hydrogens is 162 g/mol. The smallest absolute Gasteiger partial charge is 0.0416 e. The summed E-state index contributed by atoms with van der Waals surface area (Å²) in [7, 11) is -2.43. The van der Waals surface area contributed by atoms with E-state index in [4.69, 9.17) is 9.11 Å². The Bertz CT molecular complexity index is 99.1. The summed E-state index contributed by atoms with van der Waals surface area (Å²) in [5.74, 6) is 0. The summed E-state index contributed by atoms with van der Waals surface area (Å²) in [6.07, 6.45) is 4.81. The molecule has 0 aromatic rings. The van der Waals surface area contributed by atoms with Crippen LogP contribution in [0.25, 0.3) is 0 Å². The van der Waals surface area contributed by atoms with Gasteiger partial charge in [0.2, 0.25) is 0 Å².